The first-order valence-electron chi connectivity index (χ1n) is 5.17. The zero-order valence-corrected chi connectivity index (χ0v) is 8.16. The van der Waals surface area contributed by atoms with Gasteiger partial charge in [-0.3, -0.25) is 4.79 Å². The predicted octanol–water partition coefficient (Wildman–Crippen LogP) is 1.18. The van der Waals surface area contributed by atoms with Crippen molar-refractivity contribution in [2.75, 3.05) is 13.7 Å². The van der Waals surface area contributed by atoms with E-state index in [2.05, 4.69) is 0 Å². The molecule has 0 radical (unpaired) electrons. The van der Waals surface area contributed by atoms with E-state index in [0.29, 0.717) is 6.04 Å². The van der Waals surface area contributed by atoms with Gasteiger partial charge >= 0.3 is 0 Å². The SMILES string of the molecule is CN(C(=O)C1CCO1)C1CCCC1. The van der Waals surface area contributed by atoms with E-state index >= 15 is 0 Å². The monoisotopic (exact) mass is 183 g/mol. The second kappa shape index (κ2) is 3.66. The molecule has 2 rings (SSSR count). The maximum atomic E-state index is 11.7. The van der Waals surface area contributed by atoms with Crippen LogP contribution in [-0.2, 0) is 9.53 Å². The van der Waals surface area contributed by atoms with Crippen molar-refractivity contribution in [3.05, 3.63) is 0 Å². The van der Waals surface area contributed by atoms with Crippen LogP contribution < -0.4 is 0 Å². The molecule has 0 N–H and O–H groups in total. The minimum atomic E-state index is -0.120. The molecule has 74 valence electrons. The number of hydrogen-bond donors (Lipinski definition) is 0. The summed E-state index contributed by atoms with van der Waals surface area (Å²) in [5.41, 5.74) is 0. The van der Waals surface area contributed by atoms with Crippen LogP contribution in [0.25, 0.3) is 0 Å². The van der Waals surface area contributed by atoms with E-state index < -0.39 is 0 Å². The second-order valence-corrected chi connectivity index (χ2v) is 4.04. The molecule has 1 unspecified atom stereocenters. The molecule has 1 saturated carbocycles. The highest BCUT2D eigenvalue weighted by atomic mass is 16.5. The molecule has 3 heteroatoms. The van der Waals surface area contributed by atoms with Crippen LogP contribution in [0.1, 0.15) is 32.1 Å². The highest BCUT2D eigenvalue weighted by molar-refractivity contribution is 5.81. The number of amides is 1. The molecule has 1 heterocycles. The molecule has 3 nitrogen and oxygen atoms in total. The van der Waals surface area contributed by atoms with Crippen LogP contribution in [0.2, 0.25) is 0 Å². The van der Waals surface area contributed by atoms with E-state index in [1.807, 2.05) is 11.9 Å². The Morgan fingerprint density at radius 2 is 1.92 bits per heavy atom. The van der Waals surface area contributed by atoms with Crippen LogP contribution in [0.4, 0.5) is 0 Å². The number of ether oxygens (including phenoxy) is 1. The third kappa shape index (κ3) is 1.70. The number of likely N-dealkylation sites (N-methyl/N-ethyl adjacent to an activating group) is 1. The Labute approximate surface area is 79.0 Å². The van der Waals surface area contributed by atoms with Gasteiger partial charge in [-0.2, -0.15) is 0 Å². The Morgan fingerprint density at radius 3 is 2.38 bits per heavy atom. The van der Waals surface area contributed by atoms with E-state index in [-0.39, 0.29) is 12.0 Å². The van der Waals surface area contributed by atoms with Gasteiger partial charge in [-0.1, -0.05) is 12.8 Å². The molecule has 1 aliphatic heterocycles. The largest absolute Gasteiger partial charge is 0.368 e. The molecule has 1 saturated heterocycles. The van der Waals surface area contributed by atoms with E-state index in [9.17, 15) is 4.79 Å². The van der Waals surface area contributed by atoms with Crippen LogP contribution in [0.15, 0.2) is 0 Å². The lowest BCUT2D eigenvalue weighted by Gasteiger charge is -2.32. The first kappa shape index (κ1) is 9.00. The van der Waals surface area contributed by atoms with Gasteiger partial charge in [0.1, 0.15) is 6.10 Å². The number of carbonyl (C=O) groups is 1. The van der Waals surface area contributed by atoms with Crippen molar-refractivity contribution in [3.8, 4) is 0 Å². The Bertz CT molecular complexity index is 195. The van der Waals surface area contributed by atoms with Crippen LogP contribution in [0.5, 0.6) is 0 Å². The van der Waals surface area contributed by atoms with Gasteiger partial charge in [0.15, 0.2) is 0 Å². The number of rotatable bonds is 2. The van der Waals surface area contributed by atoms with Crippen molar-refractivity contribution < 1.29 is 9.53 Å². The van der Waals surface area contributed by atoms with Gasteiger partial charge in [-0.05, 0) is 12.8 Å². The maximum Gasteiger partial charge on any atom is 0.251 e. The van der Waals surface area contributed by atoms with Crippen LogP contribution in [0.3, 0.4) is 0 Å². The van der Waals surface area contributed by atoms with E-state index in [1.54, 1.807) is 0 Å². The minimum absolute atomic E-state index is 0.120. The van der Waals surface area contributed by atoms with Gasteiger partial charge in [-0.25, -0.2) is 0 Å². The number of carbonyl (C=O) groups excluding carboxylic acids is 1. The molecule has 2 aliphatic rings. The average molecular weight is 183 g/mol. The second-order valence-electron chi connectivity index (χ2n) is 4.04. The topological polar surface area (TPSA) is 29.5 Å². The minimum Gasteiger partial charge on any atom is -0.368 e. The molecular formula is C10H17NO2. The molecule has 0 aromatic rings. The summed E-state index contributed by atoms with van der Waals surface area (Å²) >= 11 is 0. The first-order chi connectivity index (χ1) is 6.29. The highest BCUT2D eigenvalue weighted by Crippen LogP contribution is 2.24. The van der Waals surface area contributed by atoms with Crippen LogP contribution in [0, 0.1) is 0 Å². The van der Waals surface area contributed by atoms with Gasteiger partial charge in [0.05, 0.1) is 6.61 Å². The summed E-state index contributed by atoms with van der Waals surface area (Å²) < 4.78 is 5.18. The Balaban J connectivity index is 1.87. The van der Waals surface area contributed by atoms with Gasteiger partial charge < -0.3 is 9.64 Å². The van der Waals surface area contributed by atoms with Gasteiger partial charge in [0, 0.05) is 19.5 Å². The van der Waals surface area contributed by atoms with Crippen molar-refractivity contribution in [3.63, 3.8) is 0 Å². The smallest absolute Gasteiger partial charge is 0.251 e. The van der Waals surface area contributed by atoms with Crippen molar-refractivity contribution in [2.24, 2.45) is 0 Å². The number of hydrogen-bond acceptors (Lipinski definition) is 2. The molecule has 1 amide bonds. The Hall–Kier alpha value is -0.570. The van der Waals surface area contributed by atoms with Crippen LogP contribution in [-0.4, -0.2) is 36.6 Å². The average Bonchev–Trinajstić information content (AvgIpc) is 2.51. The lowest BCUT2D eigenvalue weighted by atomic mass is 10.1. The summed E-state index contributed by atoms with van der Waals surface area (Å²) in [7, 11) is 1.92. The fraction of sp³-hybridized carbons (Fsp3) is 0.900. The molecule has 0 bridgehead atoms. The van der Waals surface area contributed by atoms with Crippen molar-refractivity contribution in [2.45, 2.75) is 44.2 Å². The summed E-state index contributed by atoms with van der Waals surface area (Å²) in [6.45, 7) is 0.759. The van der Waals surface area contributed by atoms with Crippen molar-refractivity contribution in [1.29, 1.82) is 0 Å². The fourth-order valence-electron chi connectivity index (χ4n) is 2.13. The summed E-state index contributed by atoms with van der Waals surface area (Å²) in [5, 5.41) is 0. The fourth-order valence-corrected chi connectivity index (χ4v) is 2.13. The van der Waals surface area contributed by atoms with Crippen LogP contribution >= 0.6 is 0 Å². The van der Waals surface area contributed by atoms with Crippen molar-refractivity contribution in [1.82, 2.24) is 4.90 Å². The van der Waals surface area contributed by atoms with Gasteiger partial charge in [0.25, 0.3) is 5.91 Å². The third-order valence-electron chi connectivity index (χ3n) is 3.19. The van der Waals surface area contributed by atoms with E-state index in [0.717, 1.165) is 13.0 Å². The van der Waals surface area contributed by atoms with E-state index in [1.165, 1.54) is 25.7 Å². The molecule has 0 spiro atoms. The predicted molar refractivity (Wildman–Crippen MR) is 49.4 cm³/mol. The first-order valence-corrected chi connectivity index (χ1v) is 5.17. The zero-order valence-electron chi connectivity index (χ0n) is 8.16. The standard InChI is InChI=1S/C10H17NO2/c1-11(8-4-2-3-5-8)10(12)9-6-7-13-9/h8-9H,2-7H2,1H3. The summed E-state index contributed by atoms with van der Waals surface area (Å²) in [4.78, 5) is 13.6. The van der Waals surface area contributed by atoms with Crippen molar-refractivity contribution >= 4 is 5.91 Å². The third-order valence-corrected chi connectivity index (χ3v) is 3.19. The molecule has 13 heavy (non-hydrogen) atoms. The summed E-state index contributed by atoms with van der Waals surface area (Å²) in [5.74, 6) is 0.193. The molecule has 2 fully saturated rings. The molecule has 1 atom stereocenters. The lowest BCUT2D eigenvalue weighted by Crippen LogP contribution is -2.47. The Kier molecular flexibility index (Phi) is 2.54. The molecular weight excluding hydrogens is 166 g/mol. The quantitative estimate of drug-likeness (QED) is 0.643. The number of nitrogens with zero attached hydrogens (tertiary/aromatic N) is 1. The van der Waals surface area contributed by atoms with Gasteiger partial charge in [-0.15, -0.1) is 0 Å². The van der Waals surface area contributed by atoms with Gasteiger partial charge in [0.2, 0.25) is 0 Å². The normalized spacial score (nSPS) is 28.5. The maximum absolute atomic E-state index is 11.7. The summed E-state index contributed by atoms with van der Waals surface area (Å²) in [6, 6.07) is 0.483. The summed E-state index contributed by atoms with van der Waals surface area (Å²) in [6.07, 6.45) is 5.69. The lowest BCUT2D eigenvalue weighted by molar-refractivity contribution is -0.156. The molecule has 1 aliphatic carbocycles. The van der Waals surface area contributed by atoms with E-state index in [4.69, 9.17) is 4.74 Å². The Morgan fingerprint density at radius 1 is 1.31 bits per heavy atom. The zero-order chi connectivity index (χ0) is 9.26. The molecule has 0 aromatic carbocycles. The highest BCUT2D eigenvalue weighted by Gasteiger charge is 2.32. The molecule has 0 aromatic heterocycles.